The number of nitrogens with one attached hydrogen (secondary N) is 1. The molecule has 4 nitrogen and oxygen atoms in total. The zero-order valence-electron chi connectivity index (χ0n) is 10.3. The lowest BCUT2D eigenvalue weighted by Gasteiger charge is -2.10. The Labute approximate surface area is 93.3 Å². The zero-order valence-corrected chi connectivity index (χ0v) is 10.3. The van der Waals surface area contributed by atoms with Gasteiger partial charge in [-0.25, -0.2) is 0 Å². The number of rotatable bonds is 11. The van der Waals surface area contributed by atoms with Crippen molar-refractivity contribution in [1.29, 1.82) is 0 Å². The van der Waals surface area contributed by atoms with Crippen LogP contribution in [-0.2, 0) is 14.2 Å². The predicted octanol–water partition coefficient (Wildman–Crippen LogP) is 0.912. The van der Waals surface area contributed by atoms with Crippen molar-refractivity contribution in [3.05, 3.63) is 0 Å². The highest BCUT2D eigenvalue weighted by Gasteiger charge is 1.99. The van der Waals surface area contributed by atoms with Gasteiger partial charge in [0.05, 0.1) is 26.4 Å². The van der Waals surface area contributed by atoms with Gasteiger partial charge in [0, 0.05) is 13.7 Å². The lowest BCUT2D eigenvalue weighted by Crippen LogP contribution is -2.18. The minimum absolute atomic E-state index is 0.649. The second-order valence-corrected chi connectivity index (χ2v) is 3.67. The van der Waals surface area contributed by atoms with Gasteiger partial charge in [-0.3, -0.25) is 0 Å². The standard InChI is InChI=1S/C11H25NO3/c1-11(10-12-2)4-5-14-8-9-15-7-6-13-3/h11-12H,4-10H2,1-3H3. The van der Waals surface area contributed by atoms with Crippen molar-refractivity contribution >= 4 is 0 Å². The number of hydrogen-bond donors (Lipinski definition) is 1. The molecular weight excluding hydrogens is 194 g/mol. The van der Waals surface area contributed by atoms with Crippen LogP contribution in [0.15, 0.2) is 0 Å². The van der Waals surface area contributed by atoms with Crippen LogP contribution in [0.25, 0.3) is 0 Å². The Balaban J connectivity index is 2.98. The van der Waals surface area contributed by atoms with E-state index in [2.05, 4.69) is 12.2 Å². The molecule has 0 aromatic rings. The fourth-order valence-electron chi connectivity index (χ4n) is 1.20. The third kappa shape index (κ3) is 11.8. The highest BCUT2D eigenvalue weighted by molar-refractivity contribution is 4.53. The fourth-order valence-corrected chi connectivity index (χ4v) is 1.20. The quantitative estimate of drug-likeness (QED) is 0.524. The van der Waals surface area contributed by atoms with Crippen LogP contribution in [0.3, 0.4) is 0 Å². The summed E-state index contributed by atoms with van der Waals surface area (Å²) >= 11 is 0. The molecule has 0 aromatic carbocycles. The predicted molar refractivity (Wildman–Crippen MR) is 61.2 cm³/mol. The first-order valence-electron chi connectivity index (χ1n) is 5.60. The van der Waals surface area contributed by atoms with E-state index in [1.54, 1.807) is 7.11 Å². The van der Waals surface area contributed by atoms with E-state index in [4.69, 9.17) is 14.2 Å². The molecule has 92 valence electrons. The molecule has 4 heteroatoms. The van der Waals surface area contributed by atoms with Gasteiger partial charge in [0.2, 0.25) is 0 Å². The SMILES string of the molecule is CNCC(C)CCOCCOCCOC. The van der Waals surface area contributed by atoms with Crippen molar-refractivity contribution in [3.63, 3.8) is 0 Å². The molecule has 1 N–H and O–H groups in total. The van der Waals surface area contributed by atoms with Crippen LogP contribution in [0.1, 0.15) is 13.3 Å². The summed E-state index contributed by atoms with van der Waals surface area (Å²) in [7, 11) is 3.64. The molecule has 0 heterocycles. The molecular formula is C11H25NO3. The molecule has 0 fully saturated rings. The third-order valence-corrected chi connectivity index (χ3v) is 2.11. The maximum Gasteiger partial charge on any atom is 0.0701 e. The van der Waals surface area contributed by atoms with E-state index in [1.807, 2.05) is 7.05 Å². The van der Waals surface area contributed by atoms with Gasteiger partial charge in [-0.15, -0.1) is 0 Å². The van der Waals surface area contributed by atoms with Gasteiger partial charge in [-0.1, -0.05) is 6.92 Å². The van der Waals surface area contributed by atoms with Crippen LogP contribution in [0.4, 0.5) is 0 Å². The van der Waals surface area contributed by atoms with E-state index in [0.29, 0.717) is 32.3 Å². The molecule has 0 saturated carbocycles. The zero-order chi connectivity index (χ0) is 11.4. The molecule has 0 saturated heterocycles. The van der Waals surface area contributed by atoms with E-state index in [9.17, 15) is 0 Å². The van der Waals surface area contributed by atoms with Gasteiger partial charge >= 0.3 is 0 Å². The fraction of sp³-hybridized carbons (Fsp3) is 1.00. The number of methoxy groups -OCH3 is 1. The third-order valence-electron chi connectivity index (χ3n) is 2.11. The molecule has 0 radical (unpaired) electrons. The minimum atomic E-state index is 0.649. The Morgan fingerprint density at radius 2 is 1.60 bits per heavy atom. The molecule has 0 aromatic heterocycles. The first kappa shape index (κ1) is 14.8. The first-order chi connectivity index (χ1) is 7.31. The van der Waals surface area contributed by atoms with E-state index in [0.717, 1.165) is 19.6 Å². The summed E-state index contributed by atoms with van der Waals surface area (Å²) in [6.45, 7) is 6.72. The summed E-state index contributed by atoms with van der Waals surface area (Å²) in [5.74, 6) is 0.671. The van der Waals surface area contributed by atoms with Crippen molar-refractivity contribution in [2.75, 3.05) is 53.7 Å². The molecule has 1 atom stereocenters. The Hall–Kier alpha value is -0.160. The molecule has 0 bridgehead atoms. The van der Waals surface area contributed by atoms with Gasteiger partial charge < -0.3 is 19.5 Å². The van der Waals surface area contributed by atoms with Gasteiger partial charge in [0.1, 0.15) is 0 Å². The monoisotopic (exact) mass is 219 g/mol. The Bertz CT molecular complexity index is 122. The van der Waals surface area contributed by atoms with Crippen molar-refractivity contribution in [3.8, 4) is 0 Å². The normalized spacial score (nSPS) is 13.0. The van der Waals surface area contributed by atoms with Crippen LogP contribution < -0.4 is 5.32 Å². The Morgan fingerprint density at radius 3 is 2.20 bits per heavy atom. The summed E-state index contributed by atoms with van der Waals surface area (Å²) in [6, 6.07) is 0. The molecule has 0 aliphatic rings. The van der Waals surface area contributed by atoms with Crippen LogP contribution in [0, 0.1) is 5.92 Å². The first-order valence-corrected chi connectivity index (χ1v) is 5.60. The second-order valence-electron chi connectivity index (χ2n) is 3.67. The maximum absolute atomic E-state index is 5.44. The van der Waals surface area contributed by atoms with Gasteiger partial charge in [-0.2, -0.15) is 0 Å². The topological polar surface area (TPSA) is 39.7 Å². The molecule has 0 aliphatic carbocycles. The molecule has 0 amide bonds. The van der Waals surface area contributed by atoms with Crippen molar-refractivity contribution in [2.24, 2.45) is 5.92 Å². The van der Waals surface area contributed by atoms with Crippen molar-refractivity contribution < 1.29 is 14.2 Å². The van der Waals surface area contributed by atoms with E-state index >= 15 is 0 Å². The highest BCUT2D eigenvalue weighted by atomic mass is 16.5. The summed E-state index contributed by atoms with van der Waals surface area (Å²) in [6.07, 6.45) is 1.10. The highest BCUT2D eigenvalue weighted by Crippen LogP contribution is 1.99. The van der Waals surface area contributed by atoms with E-state index in [-0.39, 0.29) is 0 Å². The van der Waals surface area contributed by atoms with Crippen molar-refractivity contribution in [2.45, 2.75) is 13.3 Å². The van der Waals surface area contributed by atoms with Crippen LogP contribution in [-0.4, -0.2) is 53.7 Å². The summed E-state index contributed by atoms with van der Waals surface area (Å²) in [5.41, 5.74) is 0. The molecule has 15 heavy (non-hydrogen) atoms. The average Bonchev–Trinajstić information content (AvgIpc) is 2.22. The van der Waals surface area contributed by atoms with E-state index < -0.39 is 0 Å². The lowest BCUT2D eigenvalue weighted by molar-refractivity contribution is 0.0222. The molecule has 1 unspecified atom stereocenters. The number of hydrogen-bond acceptors (Lipinski definition) is 4. The lowest BCUT2D eigenvalue weighted by atomic mass is 10.1. The van der Waals surface area contributed by atoms with Gasteiger partial charge in [0.25, 0.3) is 0 Å². The van der Waals surface area contributed by atoms with Gasteiger partial charge in [0.15, 0.2) is 0 Å². The smallest absolute Gasteiger partial charge is 0.0701 e. The molecule has 0 spiro atoms. The van der Waals surface area contributed by atoms with Crippen LogP contribution >= 0.6 is 0 Å². The largest absolute Gasteiger partial charge is 0.382 e. The molecule has 0 aliphatic heterocycles. The Morgan fingerprint density at radius 1 is 1.00 bits per heavy atom. The molecule has 0 rings (SSSR count). The van der Waals surface area contributed by atoms with E-state index in [1.165, 1.54) is 0 Å². The van der Waals surface area contributed by atoms with Crippen LogP contribution in [0.5, 0.6) is 0 Å². The van der Waals surface area contributed by atoms with Gasteiger partial charge in [-0.05, 0) is 25.9 Å². The maximum atomic E-state index is 5.44. The second kappa shape index (κ2) is 11.9. The average molecular weight is 219 g/mol. The summed E-state index contributed by atoms with van der Waals surface area (Å²) in [4.78, 5) is 0. The van der Waals surface area contributed by atoms with Crippen LogP contribution in [0.2, 0.25) is 0 Å². The number of ether oxygens (including phenoxy) is 3. The summed E-state index contributed by atoms with van der Waals surface area (Å²) < 4.78 is 15.6. The van der Waals surface area contributed by atoms with Crippen molar-refractivity contribution in [1.82, 2.24) is 5.32 Å². The Kier molecular flexibility index (Phi) is 11.8. The summed E-state index contributed by atoms with van der Waals surface area (Å²) in [5, 5.41) is 3.15. The minimum Gasteiger partial charge on any atom is -0.382 e.